The van der Waals surface area contributed by atoms with Gasteiger partial charge in [-0.1, -0.05) is 0 Å². The Balaban J connectivity index is 1.64. The number of amides is 1. The van der Waals surface area contributed by atoms with E-state index in [1.807, 2.05) is 0 Å². The fraction of sp³-hybridized carbons (Fsp3) is 0.929. The van der Waals surface area contributed by atoms with Crippen LogP contribution in [0.15, 0.2) is 0 Å². The monoisotopic (exact) mass is 253 g/mol. The number of nitrogens with zero attached hydrogens (tertiary/aromatic N) is 1. The van der Waals surface area contributed by atoms with Gasteiger partial charge in [-0.15, -0.1) is 0 Å². The summed E-state index contributed by atoms with van der Waals surface area (Å²) in [5, 5.41) is 6.48. The van der Waals surface area contributed by atoms with E-state index in [4.69, 9.17) is 0 Å². The molecule has 4 heteroatoms. The lowest BCUT2D eigenvalue weighted by molar-refractivity contribution is -0.122. The van der Waals surface area contributed by atoms with Gasteiger partial charge in [-0.2, -0.15) is 0 Å². The molecule has 1 aliphatic carbocycles. The minimum atomic E-state index is 0.232. The fourth-order valence-electron chi connectivity index (χ4n) is 3.01. The number of hydrogen-bond acceptors (Lipinski definition) is 3. The lowest BCUT2D eigenvalue weighted by Gasteiger charge is -2.47. The molecule has 0 spiro atoms. The van der Waals surface area contributed by atoms with E-state index < -0.39 is 0 Å². The molecule has 1 saturated carbocycles. The molecule has 0 aromatic carbocycles. The number of likely N-dealkylation sites (N-methyl/N-ethyl adjacent to an activating group) is 1. The van der Waals surface area contributed by atoms with E-state index in [0.717, 1.165) is 26.1 Å². The van der Waals surface area contributed by atoms with E-state index in [2.05, 4.69) is 29.6 Å². The van der Waals surface area contributed by atoms with Crippen molar-refractivity contribution in [2.24, 2.45) is 5.92 Å². The van der Waals surface area contributed by atoms with Gasteiger partial charge < -0.3 is 15.5 Å². The van der Waals surface area contributed by atoms with Crippen molar-refractivity contribution in [1.29, 1.82) is 0 Å². The summed E-state index contributed by atoms with van der Waals surface area (Å²) in [6.45, 7) is 3.03. The summed E-state index contributed by atoms with van der Waals surface area (Å²) in [7, 11) is 4.24. The summed E-state index contributed by atoms with van der Waals surface area (Å²) in [5.41, 5.74) is 0.241. The normalized spacial score (nSPS) is 26.1. The van der Waals surface area contributed by atoms with Crippen LogP contribution in [0.2, 0.25) is 0 Å². The Labute approximate surface area is 110 Å². The van der Waals surface area contributed by atoms with Gasteiger partial charge in [-0.05, 0) is 65.2 Å². The summed E-state index contributed by atoms with van der Waals surface area (Å²) < 4.78 is 0. The van der Waals surface area contributed by atoms with Gasteiger partial charge in [-0.25, -0.2) is 0 Å². The molecule has 0 aromatic rings. The van der Waals surface area contributed by atoms with E-state index in [9.17, 15) is 4.79 Å². The third-order valence-electron chi connectivity index (χ3n) is 4.79. The van der Waals surface area contributed by atoms with Gasteiger partial charge in [0.25, 0.3) is 0 Å². The van der Waals surface area contributed by atoms with Gasteiger partial charge in [0.2, 0.25) is 5.91 Å². The molecule has 1 heterocycles. The zero-order chi connectivity index (χ0) is 13.0. The van der Waals surface area contributed by atoms with Crippen molar-refractivity contribution in [3.8, 4) is 0 Å². The molecule has 1 saturated heterocycles. The molecule has 104 valence electrons. The van der Waals surface area contributed by atoms with Crippen molar-refractivity contribution in [3.63, 3.8) is 0 Å². The van der Waals surface area contributed by atoms with Crippen LogP contribution in [0, 0.1) is 5.92 Å². The second-order valence-corrected chi connectivity index (χ2v) is 6.15. The first kappa shape index (κ1) is 13.8. The van der Waals surface area contributed by atoms with Gasteiger partial charge in [-0.3, -0.25) is 4.79 Å². The second kappa shape index (κ2) is 6.02. The van der Waals surface area contributed by atoms with E-state index in [1.165, 1.54) is 25.7 Å². The minimum absolute atomic E-state index is 0.232. The number of carbonyl (C=O) groups is 1. The van der Waals surface area contributed by atoms with Crippen LogP contribution in [-0.4, -0.2) is 50.1 Å². The van der Waals surface area contributed by atoms with E-state index in [1.54, 1.807) is 0 Å². The lowest BCUT2D eigenvalue weighted by atomic mass is 9.75. The van der Waals surface area contributed by atoms with E-state index >= 15 is 0 Å². The molecule has 2 aliphatic rings. The van der Waals surface area contributed by atoms with Crippen LogP contribution in [0.3, 0.4) is 0 Å². The van der Waals surface area contributed by atoms with Crippen LogP contribution >= 0.6 is 0 Å². The van der Waals surface area contributed by atoms with Crippen molar-refractivity contribution in [2.45, 2.75) is 44.1 Å². The highest BCUT2D eigenvalue weighted by atomic mass is 16.1. The van der Waals surface area contributed by atoms with Crippen molar-refractivity contribution in [2.75, 3.05) is 33.7 Å². The van der Waals surface area contributed by atoms with Crippen LogP contribution in [0.25, 0.3) is 0 Å². The van der Waals surface area contributed by atoms with Crippen molar-refractivity contribution >= 4 is 5.91 Å². The Kier molecular flexibility index (Phi) is 4.62. The van der Waals surface area contributed by atoms with Crippen molar-refractivity contribution in [1.82, 2.24) is 15.5 Å². The van der Waals surface area contributed by atoms with Crippen LogP contribution in [0.5, 0.6) is 0 Å². The van der Waals surface area contributed by atoms with Gasteiger partial charge in [0.05, 0.1) is 0 Å². The Morgan fingerprint density at radius 2 is 2.22 bits per heavy atom. The standard InChI is InChI=1S/C14H27N3O/c1-17(2)14(7-3-8-14)11-16-13(18)5-4-12-6-9-15-10-12/h12,15H,3-11H2,1-2H3,(H,16,18). The van der Waals surface area contributed by atoms with E-state index in [-0.39, 0.29) is 11.4 Å². The molecule has 1 aliphatic heterocycles. The Morgan fingerprint density at radius 1 is 1.44 bits per heavy atom. The molecule has 2 rings (SSSR count). The van der Waals surface area contributed by atoms with Crippen molar-refractivity contribution in [3.05, 3.63) is 0 Å². The molecule has 0 bridgehead atoms. The minimum Gasteiger partial charge on any atom is -0.354 e. The van der Waals surface area contributed by atoms with Gasteiger partial charge in [0.1, 0.15) is 0 Å². The molecule has 2 N–H and O–H groups in total. The first-order chi connectivity index (χ1) is 8.62. The largest absolute Gasteiger partial charge is 0.354 e. The Bertz CT molecular complexity index is 281. The maximum Gasteiger partial charge on any atom is 0.220 e. The molecule has 4 nitrogen and oxygen atoms in total. The van der Waals surface area contributed by atoms with Crippen LogP contribution in [-0.2, 0) is 4.79 Å². The molecule has 1 unspecified atom stereocenters. The molecule has 0 aromatic heterocycles. The fourth-order valence-corrected chi connectivity index (χ4v) is 3.01. The average Bonchev–Trinajstić information content (AvgIpc) is 2.77. The highest BCUT2D eigenvalue weighted by Gasteiger charge is 2.39. The SMILES string of the molecule is CN(C)C1(CNC(=O)CCC2CCNC2)CCC1. The topological polar surface area (TPSA) is 44.4 Å². The Morgan fingerprint density at radius 3 is 2.72 bits per heavy atom. The molecule has 18 heavy (non-hydrogen) atoms. The van der Waals surface area contributed by atoms with Crippen molar-refractivity contribution < 1.29 is 4.79 Å². The molecular formula is C14H27N3O. The molecule has 0 radical (unpaired) electrons. The third-order valence-corrected chi connectivity index (χ3v) is 4.79. The lowest BCUT2D eigenvalue weighted by Crippen LogP contribution is -2.57. The molecule has 2 fully saturated rings. The van der Waals surface area contributed by atoms with Crippen LogP contribution in [0.4, 0.5) is 0 Å². The zero-order valence-corrected chi connectivity index (χ0v) is 11.8. The zero-order valence-electron chi connectivity index (χ0n) is 11.8. The molecule has 1 amide bonds. The predicted molar refractivity (Wildman–Crippen MR) is 73.5 cm³/mol. The quantitative estimate of drug-likeness (QED) is 0.741. The average molecular weight is 253 g/mol. The predicted octanol–water partition coefficient (Wildman–Crippen LogP) is 0.977. The maximum absolute atomic E-state index is 11.9. The number of hydrogen-bond donors (Lipinski definition) is 2. The molecular weight excluding hydrogens is 226 g/mol. The summed E-state index contributed by atoms with van der Waals surface area (Å²) in [6, 6.07) is 0. The second-order valence-electron chi connectivity index (χ2n) is 6.15. The molecule has 1 atom stereocenters. The summed E-state index contributed by atoms with van der Waals surface area (Å²) in [6.07, 6.45) is 6.68. The van der Waals surface area contributed by atoms with Gasteiger partial charge in [0.15, 0.2) is 0 Å². The summed E-state index contributed by atoms with van der Waals surface area (Å²) in [4.78, 5) is 14.1. The van der Waals surface area contributed by atoms with Gasteiger partial charge in [0, 0.05) is 18.5 Å². The number of nitrogens with one attached hydrogen (secondary N) is 2. The summed E-state index contributed by atoms with van der Waals surface area (Å²) >= 11 is 0. The van der Waals surface area contributed by atoms with Crippen LogP contribution in [0.1, 0.15) is 38.5 Å². The van der Waals surface area contributed by atoms with E-state index in [0.29, 0.717) is 12.3 Å². The number of carbonyl (C=O) groups excluding carboxylic acids is 1. The third kappa shape index (κ3) is 3.23. The first-order valence-electron chi connectivity index (χ1n) is 7.27. The van der Waals surface area contributed by atoms with Gasteiger partial charge >= 0.3 is 0 Å². The first-order valence-corrected chi connectivity index (χ1v) is 7.27. The maximum atomic E-state index is 11.9. The highest BCUT2D eigenvalue weighted by molar-refractivity contribution is 5.76. The summed E-state index contributed by atoms with van der Waals surface area (Å²) in [5.74, 6) is 0.942. The highest BCUT2D eigenvalue weighted by Crippen LogP contribution is 2.35. The van der Waals surface area contributed by atoms with Crippen LogP contribution < -0.4 is 10.6 Å². The smallest absolute Gasteiger partial charge is 0.220 e. The number of rotatable bonds is 6. The Hall–Kier alpha value is -0.610.